The Bertz CT molecular complexity index is 755. The number of nitrogens with zero attached hydrogens (tertiary/aromatic N) is 3. The van der Waals surface area contributed by atoms with Gasteiger partial charge in [-0.25, -0.2) is 9.97 Å². The van der Waals surface area contributed by atoms with Gasteiger partial charge in [0.2, 0.25) is 0 Å². The number of methoxy groups -OCH3 is 1. The minimum Gasteiger partial charge on any atom is -0.493 e. The molecule has 0 saturated carbocycles. The van der Waals surface area contributed by atoms with E-state index in [0.29, 0.717) is 12.6 Å². The Kier molecular flexibility index (Phi) is 7.31. The molecule has 3 rings (SSSR count). The number of aromatic nitrogens is 2. The molecule has 1 unspecified atom stereocenters. The fraction of sp³-hybridized carbons (Fsp3) is 0.524. The molecule has 28 heavy (non-hydrogen) atoms. The maximum atomic E-state index is 5.73. The predicted octanol–water partition coefficient (Wildman–Crippen LogP) is 3.07. The van der Waals surface area contributed by atoms with Gasteiger partial charge in [0.25, 0.3) is 0 Å². The van der Waals surface area contributed by atoms with Crippen LogP contribution in [0.5, 0.6) is 11.5 Å². The second-order valence-corrected chi connectivity index (χ2v) is 6.97. The topological polar surface area (TPSA) is 71.5 Å². The van der Waals surface area contributed by atoms with Gasteiger partial charge in [0, 0.05) is 38.8 Å². The Hall–Kier alpha value is -2.54. The normalized spacial score (nSPS) is 16.2. The molecule has 7 nitrogen and oxygen atoms in total. The second kappa shape index (κ2) is 10.1. The van der Waals surface area contributed by atoms with Gasteiger partial charge in [-0.2, -0.15) is 0 Å². The van der Waals surface area contributed by atoms with Crippen molar-refractivity contribution in [3.05, 3.63) is 36.2 Å². The monoisotopic (exact) mass is 385 g/mol. The fourth-order valence-corrected chi connectivity index (χ4v) is 3.53. The van der Waals surface area contributed by atoms with E-state index in [0.717, 1.165) is 49.2 Å². The van der Waals surface area contributed by atoms with Crippen LogP contribution in [0.3, 0.4) is 0 Å². The molecule has 2 N–H and O–H groups in total. The molecular formula is C21H31N5O2. The third kappa shape index (κ3) is 5.04. The highest BCUT2D eigenvalue weighted by atomic mass is 16.5. The van der Waals surface area contributed by atoms with Gasteiger partial charge in [0.15, 0.2) is 11.5 Å². The molecule has 152 valence electrons. The third-order valence-corrected chi connectivity index (χ3v) is 4.98. The number of hydrogen-bond donors (Lipinski definition) is 2. The average Bonchev–Trinajstić information content (AvgIpc) is 3.21. The fourth-order valence-electron chi connectivity index (χ4n) is 3.53. The summed E-state index contributed by atoms with van der Waals surface area (Å²) in [5.74, 6) is 3.43. The van der Waals surface area contributed by atoms with Crippen molar-refractivity contribution in [3.63, 3.8) is 0 Å². The first-order valence-corrected chi connectivity index (χ1v) is 10.0. The molecule has 1 aliphatic rings. The molecule has 1 saturated heterocycles. The average molecular weight is 386 g/mol. The summed E-state index contributed by atoms with van der Waals surface area (Å²) in [4.78, 5) is 11.0. The highest BCUT2D eigenvalue weighted by Gasteiger charge is 2.25. The van der Waals surface area contributed by atoms with E-state index in [1.165, 1.54) is 18.4 Å². The van der Waals surface area contributed by atoms with Gasteiger partial charge in [0.1, 0.15) is 18.0 Å². The van der Waals surface area contributed by atoms with Crippen molar-refractivity contribution in [2.45, 2.75) is 38.8 Å². The second-order valence-electron chi connectivity index (χ2n) is 6.97. The van der Waals surface area contributed by atoms with Gasteiger partial charge in [-0.15, -0.1) is 0 Å². The number of ether oxygens (including phenoxy) is 2. The van der Waals surface area contributed by atoms with E-state index in [9.17, 15) is 0 Å². The molecular weight excluding hydrogens is 354 g/mol. The Labute approximate surface area is 167 Å². The van der Waals surface area contributed by atoms with Crippen LogP contribution in [-0.2, 0) is 6.54 Å². The third-order valence-electron chi connectivity index (χ3n) is 4.98. The van der Waals surface area contributed by atoms with Crippen LogP contribution < -0.4 is 25.0 Å². The summed E-state index contributed by atoms with van der Waals surface area (Å²) in [5, 5.41) is 6.67. The zero-order valence-electron chi connectivity index (χ0n) is 17.1. The van der Waals surface area contributed by atoms with Crippen LogP contribution in [0.15, 0.2) is 30.6 Å². The van der Waals surface area contributed by atoms with Gasteiger partial charge >= 0.3 is 0 Å². The zero-order chi connectivity index (χ0) is 19.8. The largest absolute Gasteiger partial charge is 0.493 e. The molecule has 0 aliphatic carbocycles. The first-order chi connectivity index (χ1) is 13.7. The number of anilines is 2. The molecule has 1 atom stereocenters. The van der Waals surface area contributed by atoms with Crippen LogP contribution >= 0.6 is 0 Å². The minimum absolute atomic E-state index is 0.439. The van der Waals surface area contributed by atoms with Crippen molar-refractivity contribution in [2.24, 2.45) is 0 Å². The summed E-state index contributed by atoms with van der Waals surface area (Å²) in [5.41, 5.74) is 1.18. The predicted molar refractivity (Wildman–Crippen MR) is 112 cm³/mol. The van der Waals surface area contributed by atoms with Crippen LogP contribution in [0.4, 0.5) is 11.6 Å². The van der Waals surface area contributed by atoms with Crippen LogP contribution in [0.1, 0.15) is 31.7 Å². The summed E-state index contributed by atoms with van der Waals surface area (Å²) < 4.78 is 11.2. The van der Waals surface area contributed by atoms with Crippen LogP contribution in [-0.4, -0.2) is 49.9 Å². The van der Waals surface area contributed by atoms with Gasteiger partial charge in [0.05, 0.1) is 13.7 Å². The molecule has 1 aromatic carbocycles. The van der Waals surface area contributed by atoms with E-state index in [2.05, 4.69) is 38.5 Å². The Morgan fingerprint density at radius 3 is 2.89 bits per heavy atom. The Morgan fingerprint density at radius 1 is 1.21 bits per heavy atom. The number of rotatable bonds is 10. The number of nitrogens with one attached hydrogen (secondary N) is 2. The highest BCUT2D eigenvalue weighted by Crippen LogP contribution is 2.28. The number of benzene rings is 1. The lowest BCUT2D eigenvalue weighted by Crippen LogP contribution is -2.38. The summed E-state index contributed by atoms with van der Waals surface area (Å²) in [7, 11) is 3.56. The van der Waals surface area contributed by atoms with E-state index >= 15 is 0 Å². The molecule has 0 spiro atoms. The number of hydrogen-bond acceptors (Lipinski definition) is 7. The van der Waals surface area contributed by atoms with Gasteiger partial charge in [-0.3, -0.25) is 0 Å². The summed E-state index contributed by atoms with van der Waals surface area (Å²) in [6.07, 6.45) is 4.95. The van der Waals surface area contributed by atoms with Crippen molar-refractivity contribution in [2.75, 3.05) is 44.1 Å². The van der Waals surface area contributed by atoms with Crippen molar-refractivity contribution in [1.82, 2.24) is 15.3 Å². The first-order valence-electron chi connectivity index (χ1n) is 10.0. The van der Waals surface area contributed by atoms with Crippen molar-refractivity contribution in [3.8, 4) is 11.5 Å². The van der Waals surface area contributed by atoms with E-state index < -0.39 is 0 Å². The summed E-state index contributed by atoms with van der Waals surface area (Å²) in [6.45, 7) is 5.53. The molecule has 2 heterocycles. The molecule has 0 bridgehead atoms. The van der Waals surface area contributed by atoms with Crippen molar-refractivity contribution < 1.29 is 9.47 Å². The summed E-state index contributed by atoms with van der Waals surface area (Å²) in [6, 6.07) is 8.59. The quantitative estimate of drug-likeness (QED) is 0.651. The van der Waals surface area contributed by atoms with E-state index in [4.69, 9.17) is 9.47 Å². The van der Waals surface area contributed by atoms with Gasteiger partial charge in [-0.1, -0.05) is 13.0 Å². The Balaban J connectivity index is 1.56. The lowest BCUT2D eigenvalue weighted by Gasteiger charge is -2.26. The zero-order valence-corrected chi connectivity index (χ0v) is 17.1. The smallest absolute Gasteiger partial charge is 0.161 e. The molecule has 0 radical (unpaired) electrons. The highest BCUT2D eigenvalue weighted by molar-refractivity contribution is 5.49. The maximum absolute atomic E-state index is 5.73. The lowest BCUT2D eigenvalue weighted by atomic mass is 10.1. The molecule has 1 aliphatic heterocycles. The van der Waals surface area contributed by atoms with E-state index in [-0.39, 0.29) is 0 Å². The molecule has 1 aromatic heterocycles. The lowest BCUT2D eigenvalue weighted by molar-refractivity contribution is 0.294. The molecule has 1 fully saturated rings. The van der Waals surface area contributed by atoms with Crippen molar-refractivity contribution in [1.29, 1.82) is 0 Å². The van der Waals surface area contributed by atoms with Crippen molar-refractivity contribution >= 4 is 11.6 Å². The molecule has 7 heteroatoms. The summed E-state index contributed by atoms with van der Waals surface area (Å²) >= 11 is 0. The van der Waals surface area contributed by atoms with E-state index in [1.54, 1.807) is 13.4 Å². The SMILES string of the molecule is CCCOc1ccc(CNCC2CCCN2c2cc(NC)ncn2)cc1OC. The maximum Gasteiger partial charge on any atom is 0.161 e. The van der Waals surface area contributed by atoms with Gasteiger partial charge in [-0.05, 0) is 37.0 Å². The van der Waals surface area contributed by atoms with Gasteiger partial charge < -0.3 is 25.0 Å². The standard InChI is InChI=1S/C21H31N5O2/c1-4-10-28-18-8-7-16(11-19(18)27-3)13-23-14-17-6-5-9-26(17)21-12-20(22-2)24-15-25-21/h7-8,11-12,15,17,23H,4-6,9-10,13-14H2,1-3H3,(H,22,24,25). The minimum atomic E-state index is 0.439. The Morgan fingerprint density at radius 2 is 2.11 bits per heavy atom. The first kappa shape index (κ1) is 20.2. The molecule has 0 amide bonds. The van der Waals surface area contributed by atoms with Crippen LogP contribution in [0, 0.1) is 0 Å². The van der Waals surface area contributed by atoms with Crippen LogP contribution in [0.25, 0.3) is 0 Å². The van der Waals surface area contributed by atoms with Crippen LogP contribution in [0.2, 0.25) is 0 Å². The van der Waals surface area contributed by atoms with E-state index in [1.807, 2.05) is 25.2 Å². The molecule has 2 aromatic rings.